The SMILES string of the molecule is Cc1c(Cc2ccc(F)cc2)c(=O)oc2c(COC(=O)/C=C/c3ccccc3)c(OC(C)C)ccc12. The monoisotopic (exact) mass is 486 g/mol. The van der Waals surface area contributed by atoms with Gasteiger partial charge >= 0.3 is 11.6 Å². The number of fused-ring (bicyclic) bond motifs is 1. The zero-order valence-electron chi connectivity index (χ0n) is 20.4. The molecule has 0 aliphatic rings. The van der Waals surface area contributed by atoms with Gasteiger partial charge in [0.15, 0.2) is 0 Å². The maximum Gasteiger partial charge on any atom is 0.340 e. The molecule has 1 heterocycles. The van der Waals surface area contributed by atoms with Crippen LogP contribution in [0.1, 0.15) is 41.7 Å². The van der Waals surface area contributed by atoms with Crippen LogP contribution in [-0.4, -0.2) is 12.1 Å². The van der Waals surface area contributed by atoms with Gasteiger partial charge in [0.25, 0.3) is 0 Å². The van der Waals surface area contributed by atoms with Crippen LogP contribution in [0.2, 0.25) is 0 Å². The fourth-order valence-electron chi connectivity index (χ4n) is 3.92. The molecule has 0 atom stereocenters. The zero-order valence-corrected chi connectivity index (χ0v) is 20.4. The molecule has 0 aliphatic carbocycles. The zero-order chi connectivity index (χ0) is 25.7. The Morgan fingerprint density at radius 3 is 2.42 bits per heavy atom. The van der Waals surface area contributed by atoms with Crippen molar-refractivity contribution in [2.75, 3.05) is 0 Å². The lowest BCUT2D eigenvalue weighted by atomic mass is 9.98. The molecule has 1 aromatic heterocycles. The summed E-state index contributed by atoms with van der Waals surface area (Å²) in [5.41, 5.74) is 3.21. The normalized spacial score (nSPS) is 11.4. The largest absolute Gasteiger partial charge is 0.490 e. The molecule has 0 aliphatic heterocycles. The van der Waals surface area contributed by atoms with Gasteiger partial charge in [0.1, 0.15) is 23.8 Å². The third kappa shape index (κ3) is 5.89. The number of ether oxygens (including phenoxy) is 2. The van der Waals surface area contributed by atoms with Crippen molar-refractivity contribution in [3.8, 4) is 5.75 Å². The molecular formula is C30H27FO5. The molecule has 0 saturated heterocycles. The highest BCUT2D eigenvalue weighted by atomic mass is 19.1. The van der Waals surface area contributed by atoms with Crippen LogP contribution >= 0.6 is 0 Å². The fourth-order valence-corrected chi connectivity index (χ4v) is 3.92. The van der Waals surface area contributed by atoms with Crippen molar-refractivity contribution in [3.05, 3.63) is 117 Å². The number of carbonyl (C=O) groups is 1. The minimum absolute atomic E-state index is 0.128. The second-order valence-corrected chi connectivity index (χ2v) is 8.73. The highest BCUT2D eigenvalue weighted by molar-refractivity contribution is 5.88. The van der Waals surface area contributed by atoms with Crippen molar-refractivity contribution in [2.24, 2.45) is 0 Å². The van der Waals surface area contributed by atoms with E-state index in [9.17, 15) is 14.0 Å². The lowest BCUT2D eigenvalue weighted by molar-refractivity contribution is -0.138. The van der Waals surface area contributed by atoms with Crippen LogP contribution < -0.4 is 10.4 Å². The quantitative estimate of drug-likeness (QED) is 0.164. The molecule has 0 spiro atoms. The summed E-state index contributed by atoms with van der Waals surface area (Å²) >= 11 is 0. The minimum Gasteiger partial charge on any atom is -0.490 e. The van der Waals surface area contributed by atoms with Crippen LogP contribution in [0.5, 0.6) is 5.75 Å². The van der Waals surface area contributed by atoms with Gasteiger partial charge in [0, 0.05) is 23.4 Å². The number of esters is 1. The Morgan fingerprint density at radius 1 is 1.00 bits per heavy atom. The molecule has 0 fully saturated rings. The Labute approximate surface area is 208 Å². The van der Waals surface area contributed by atoms with E-state index in [1.807, 2.05) is 57.2 Å². The summed E-state index contributed by atoms with van der Waals surface area (Å²) in [6.45, 7) is 5.49. The van der Waals surface area contributed by atoms with E-state index in [4.69, 9.17) is 13.9 Å². The van der Waals surface area contributed by atoms with Crippen molar-refractivity contribution in [3.63, 3.8) is 0 Å². The number of carbonyl (C=O) groups excluding carboxylic acids is 1. The molecule has 0 bridgehead atoms. The van der Waals surface area contributed by atoms with E-state index in [0.29, 0.717) is 34.3 Å². The van der Waals surface area contributed by atoms with Gasteiger partial charge in [-0.1, -0.05) is 42.5 Å². The molecule has 184 valence electrons. The fraction of sp³-hybridized carbons (Fsp3) is 0.200. The van der Waals surface area contributed by atoms with Crippen molar-refractivity contribution in [1.29, 1.82) is 0 Å². The molecule has 3 aromatic carbocycles. The maximum atomic E-state index is 13.3. The summed E-state index contributed by atoms with van der Waals surface area (Å²) < 4.78 is 30.5. The third-order valence-electron chi connectivity index (χ3n) is 5.74. The average molecular weight is 487 g/mol. The van der Waals surface area contributed by atoms with Crippen molar-refractivity contribution < 1.29 is 23.1 Å². The molecular weight excluding hydrogens is 459 g/mol. The van der Waals surface area contributed by atoms with Gasteiger partial charge in [-0.05, 0) is 67.8 Å². The third-order valence-corrected chi connectivity index (χ3v) is 5.74. The standard InChI is InChI=1S/C30H27FO5/c1-19(2)35-27-15-14-24-20(3)25(17-22-9-12-23(31)13-10-22)30(33)36-29(24)26(27)18-34-28(32)16-11-21-7-5-4-6-8-21/h4-16,19H,17-18H2,1-3H3/b16-11+. The highest BCUT2D eigenvalue weighted by Gasteiger charge is 2.19. The molecule has 4 rings (SSSR count). The van der Waals surface area contributed by atoms with Gasteiger partial charge in [-0.15, -0.1) is 0 Å². The van der Waals surface area contributed by atoms with Crippen LogP contribution in [0.3, 0.4) is 0 Å². The summed E-state index contributed by atoms with van der Waals surface area (Å²) in [4.78, 5) is 25.4. The molecule has 0 N–H and O–H groups in total. The molecule has 5 nitrogen and oxygen atoms in total. The number of hydrogen-bond donors (Lipinski definition) is 0. The van der Waals surface area contributed by atoms with E-state index in [1.54, 1.807) is 24.3 Å². The predicted octanol–water partition coefficient (Wildman–Crippen LogP) is 6.38. The average Bonchev–Trinajstić information content (AvgIpc) is 2.86. The summed E-state index contributed by atoms with van der Waals surface area (Å²) in [7, 11) is 0. The van der Waals surface area contributed by atoms with Crippen molar-refractivity contribution in [1.82, 2.24) is 0 Å². The van der Waals surface area contributed by atoms with Gasteiger partial charge in [-0.2, -0.15) is 0 Å². The summed E-state index contributed by atoms with van der Waals surface area (Å²) in [6.07, 6.45) is 3.19. The second-order valence-electron chi connectivity index (χ2n) is 8.73. The van der Waals surface area contributed by atoms with Crippen LogP contribution in [0, 0.1) is 12.7 Å². The summed E-state index contributed by atoms with van der Waals surface area (Å²) in [5, 5.41) is 0.716. The van der Waals surface area contributed by atoms with Crippen LogP contribution in [0.25, 0.3) is 17.0 Å². The first-order chi connectivity index (χ1) is 17.3. The maximum absolute atomic E-state index is 13.3. The van der Waals surface area contributed by atoms with Crippen molar-refractivity contribution >= 4 is 23.0 Å². The Bertz CT molecular complexity index is 1450. The molecule has 0 saturated carbocycles. The van der Waals surface area contributed by atoms with Gasteiger partial charge in [-0.25, -0.2) is 14.0 Å². The Balaban J connectivity index is 1.67. The van der Waals surface area contributed by atoms with Gasteiger partial charge in [-0.3, -0.25) is 0 Å². The molecule has 0 amide bonds. The molecule has 36 heavy (non-hydrogen) atoms. The minimum atomic E-state index is -0.529. The first kappa shape index (κ1) is 24.9. The number of rotatable bonds is 8. The number of hydrogen-bond acceptors (Lipinski definition) is 5. The van der Waals surface area contributed by atoms with E-state index in [-0.39, 0.29) is 18.5 Å². The number of halogens is 1. The van der Waals surface area contributed by atoms with Crippen molar-refractivity contribution in [2.45, 2.75) is 39.9 Å². The van der Waals surface area contributed by atoms with E-state index < -0.39 is 11.6 Å². The van der Waals surface area contributed by atoms with Crippen LogP contribution in [0.4, 0.5) is 4.39 Å². The number of benzene rings is 3. The van der Waals surface area contributed by atoms with Gasteiger partial charge in [0.05, 0.1) is 11.7 Å². The Kier molecular flexibility index (Phi) is 7.64. The topological polar surface area (TPSA) is 65.7 Å². The molecule has 0 radical (unpaired) electrons. The Hall–Kier alpha value is -4.19. The summed E-state index contributed by atoms with van der Waals surface area (Å²) in [5.74, 6) is -0.388. The van der Waals surface area contributed by atoms with Gasteiger partial charge < -0.3 is 13.9 Å². The smallest absolute Gasteiger partial charge is 0.340 e. The second kappa shape index (κ2) is 11.0. The molecule has 4 aromatic rings. The lowest BCUT2D eigenvalue weighted by Crippen LogP contribution is -2.14. The van der Waals surface area contributed by atoms with E-state index in [1.165, 1.54) is 18.2 Å². The Morgan fingerprint density at radius 2 is 1.72 bits per heavy atom. The number of aryl methyl sites for hydroxylation is 1. The van der Waals surface area contributed by atoms with Crippen LogP contribution in [-0.2, 0) is 22.6 Å². The molecule has 6 heteroatoms. The first-order valence-electron chi connectivity index (χ1n) is 11.7. The van der Waals surface area contributed by atoms with E-state index in [2.05, 4.69) is 0 Å². The van der Waals surface area contributed by atoms with E-state index >= 15 is 0 Å². The first-order valence-corrected chi connectivity index (χ1v) is 11.7. The lowest BCUT2D eigenvalue weighted by Gasteiger charge is -2.17. The van der Waals surface area contributed by atoms with Crippen LogP contribution in [0.15, 0.2) is 82.0 Å². The van der Waals surface area contributed by atoms with E-state index in [0.717, 1.165) is 16.7 Å². The highest BCUT2D eigenvalue weighted by Crippen LogP contribution is 2.32. The summed E-state index contributed by atoms with van der Waals surface area (Å²) in [6, 6.07) is 19.1. The predicted molar refractivity (Wildman–Crippen MR) is 137 cm³/mol. The van der Waals surface area contributed by atoms with Gasteiger partial charge in [0.2, 0.25) is 0 Å². The molecule has 0 unspecified atom stereocenters.